The molecule has 0 aliphatic carbocycles. The van der Waals surface area contributed by atoms with E-state index in [2.05, 4.69) is 10.0 Å². The molecule has 1 atom stereocenters. The van der Waals surface area contributed by atoms with Crippen LogP contribution in [0.1, 0.15) is 13.8 Å². The van der Waals surface area contributed by atoms with Gasteiger partial charge in [0, 0.05) is 22.5 Å². The summed E-state index contributed by atoms with van der Waals surface area (Å²) in [4.78, 5) is 23.5. The SMILES string of the molecule is CC(C)[C@@H](NS(=O)(=O)c1ccc2oc3cc(NC(=O)Oc4ccccc4)ccc3c2c1)C(=O)O. The first-order valence-corrected chi connectivity index (χ1v) is 11.9. The topological polar surface area (TPSA) is 135 Å². The minimum absolute atomic E-state index is 0.0803. The molecule has 0 saturated heterocycles. The number of ether oxygens (including phenoxy) is 1. The molecule has 0 fully saturated rings. The van der Waals surface area contributed by atoms with Gasteiger partial charge in [-0.15, -0.1) is 0 Å². The van der Waals surface area contributed by atoms with Gasteiger partial charge in [0.05, 0.1) is 4.90 Å². The second-order valence-corrected chi connectivity index (χ2v) is 9.69. The van der Waals surface area contributed by atoms with Crippen LogP contribution in [-0.4, -0.2) is 31.6 Å². The van der Waals surface area contributed by atoms with Gasteiger partial charge in [-0.25, -0.2) is 13.2 Å². The average molecular weight is 483 g/mol. The van der Waals surface area contributed by atoms with E-state index in [0.29, 0.717) is 33.4 Å². The molecule has 176 valence electrons. The number of sulfonamides is 1. The lowest BCUT2D eigenvalue weighted by Gasteiger charge is -2.17. The van der Waals surface area contributed by atoms with Crippen molar-refractivity contribution in [3.8, 4) is 5.75 Å². The minimum Gasteiger partial charge on any atom is -0.480 e. The molecule has 0 aliphatic heterocycles. The molecule has 0 unspecified atom stereocenters. The Morgan fingerprint density at radius 1 is 0.941 bits per heavy atom. The quantitative estimate of drug-likeness (QED) is 0.351. The number of carbonyl (C=O) groups excluding carboxylic acids is 1. The zero-order valence-corrected chi connectivity index (χ0v) is 19.1. The Balaban J connectivity index is 1.60. The Kier molecular flexibility index (Phi) is 6.27. The molecule has 3 aromatic carbocycles. The van der Waals surface area contributed by atoms with E-state index in [1.165, 1.54) is 18.2 Å². The van der Waals surface area contributed by atoms with Gasteiger partial charge in [0.15, 0.2) is 0 Å². The number of fused-ring (bicyclic) bond motifs is 3. The van der Waals surface area contributed by atoms with E-state index in [4.69, 9.17) is 9.15 Å². The van der Waals surface area contributed by atoms with Crippen molar-refractivity contribution in [2.75, 3.05) is 5.32 Å². The first-order chi connectivity index (χ1) is 16.1. The van der Waals surface area contributed by atoms with E-state index in [9.17, 15) is 23.1 Å². The summed E-state index contributed by atoms with van der Waals surface area (Å²) < 4.78 is 38.9. The van der Waals surface area contributed by atoms with Crippen LogP contribution >= 0.6 is 0 Å². The maximum absolute atomic E-state index is 12.8. The number of hydrogen-bond donors (Lipinski definition) is 3. The summed E-state index contributed by atoms with van der Waals surface area (Å²) in [6, 6.07) is 16.6. The number of rotatable bonds is 7. The fourth-order valence-electron chi connectivity index (χ4n) is 3.45. The van der Waals surface area contributed by atoms with Crippen molar-refractivity contribution in [3.63, 3.8) is 0 Å². The summed E-state index contributed by atoms with van der Waals surface area (Å²) in [5.41, 5.74) is 1.31. The van der Waals surface area contributed by atoms with E-state index < -0.39 is 34.0 Å². The van der Waals surface area contributed by atoms with Crippen molar-refractivity contribution < 1.29 is 32.3 Å². The maximum atomic E-state index is 12.8. The van der Waals surface area contributed by atoms with Crippen LogP contribution in [0.15, 0.2) is 76.0 Å². The number of benzene rings is 3. The minimum atomic E-state index is -4.09. The molecule has 10 heteroatoms. The molecule has 0 bridgehead atoms. The number of hydrogen-bond acceptors (Lipinski definition) is 6. The van der Waals surface area contributed by atoms with Crippen LogP contribution in [0, 0.1) is 5.92 Å². The van der Waals surface area contributed by atoms with Crippen molar-refractivity contribution >= 4 is 49.7 Å². The van der Waals surface area contributed by atoms with E-state index in [-0.39, 0.29) is 4.90 Å². The molecule has 0 aliphatic rings. The van der Waals surface area contributed by atoms with Crippen LogP contribution in [0.2, 0.25) is 0 Å². The molecular formula is C24H22N2O7S. The van der Waals surface area contributed by atoms with Crippen LogP contribution in [0.5, 0.6) is 5.75 Å². The van der Waals surface area contributed by atoms with Crippen LogP contribution in [0.3, 0.4) is 0 Å². The molecule has 34 heavy (non-hydrogen) atoms. The van der Waals surface area contributed by atoms with Crippen molar-refractivity contribution in [1.82, 2.24) is 4.72 Å². The third kappa shape index (κ3) is 4.87. The number of carboxylic acids is 1. The molecule has 1 aromatic heterocycles. The molecular weight excluding hydrogens is 460 g/mol. The van der Waals surface area contributed by atoms with Gasteiger partial charge in [0.25, 0.3) is 0 Å². The van der Waals surface area contributed by atoms with Crippen molar-refractivity contribution in [3.05, 3.63) is 66.7 Å². The average Bonchev–Trinajstić information content (AvgIpc) is 3.14. The van der Waals surface area contributed by atoms with Gasteiger partial charge in [0.2, 0.25) is 10.0 Å². The fraction of sp³-hybridized carbons (Fsp3) is 0.167. The molecule has 0 radical (unpaired) electrons. The Morgan fingerprint density at radius 3 is 2.35 bits per heavy atom. The highest BCUT2D eigenvalue weighted by molar-refractivity contribution is 7.89. The summed E-state index contributed by atoms with van der Waals surface area (Å²) >= 11 is 0. The second-order valence-electron chi connectivity index (χ2n) is 7.98. The number of anilines is 1. The third-order valence-corrected chi connectivity index (χ3v) is 6.61. The lowest BCUT2D eigenvalue weighted by molar-refractivity contribution is -0.140. The van der Waals surface area contributed by atoms with Gasteiger partial charge in [-0.3, -0.25) is 10.1 Å². The van der Waals surface area contributed by atoms with Crippen molar-refractivity contribution in [1.29, 1.82) is 0 Å². The van der Waals surface area contributed by atoms with Gasteiger partial charge < -0.3 is 14.3 Å². The number of aliphatic carboxylic acids is 1. The Bertz CT molecular complexity index is 1480. The zero-order valence-electron chi connectivity index (χ0n) is 18.3. The van der Waals surface area contributed by atoms with E-state index in [1.54, 1.807) is 56.3 Å². The van der Waals surface area contributed by atoms with Gasteiger partial charge in [0.1, 0.15) is 23.0 Å². The normalized spacial score (nSPS) is 12.7. The largest absolute Gasteiger partial charge is 0.480 e. The summed E-state index contributed by atoms with van der Waals surface area (Å²) in [6.45, 7) is 3.24. The Morgan fingerprint density at radius 2 is 1.68 bits per heavy atom. The van der Waals surface area contributed by atoms with Gasteiger partial charge in [-0.2, -0.15) is 4.72 Å². The number of amides is 1. The van der Waals surface area contributed by atoms with Crippen molar-refractivity contribution in [2.24, 2.45) is 5.92 Å². The highest BCUT2D eigenvalue weighted by atomic mass is 32.2. The zero-order chi connectivity index (χ0) is 24.5. The fourth-order valence-corrected chi connectivity index (χ4v) is 4.81. The highest BCUT2D eigenvalue weighted by Crippen LogP contribution is 2.32. The van der Waals surface area contributed by atoms with Crippen molar-refractivity contribution in [2.45, 2.75) is 24.8 Å². The Labute approximate surface area is 195 Å². The summed E-state index contributed by atoms with van der Waals surface area (Å²) in [5, 5.41) is 13.1. The molecule has 9 nitrogen and oxygen atoms in total. The molecule has 4 rings (SSSR count). The predicted octanol–water partition coefficient (Wildman–Crippen LogP) is 4.58. The van der Waals surface area contributed by atoms with Gasteiger partial charge in [-0.05, 0) is 48.4 Å². The number of carbonyl (C=O) groups is 2. The van der Waals surface area contributed by atoms with Crippen LogP contribution in [0.25, 0.3) is 21.9 Å². The summed E-state index contributed by atoms with van der Waals surface area (Å²) in [6.07, 6.45) is -0.667. The number of nitrogens with one attached hydrogen (secondary N) is 2. The molecule has 4 aromatic rings. The van der Waals surface area contributed by atoms with Crippen LogP contribution in [0.4, 0.5) is 10.5 Å². The van der Waals surface area contributed by atoms with Gasteiger partial charge in [-0.1, -0.05) is 32.0 Å². The maximum Gasteiger partial charge on any atom is 0.417 e. The summed E-state index contributed by atoms with van der Waals surface area (Å²) in [5.74, 6) is -1.29. The lowest BCUT2D eigenvalue weighted by Crippen LogP contribution is -2.44. The molecule has 3 N–H and O–H groups in total. The second kappa shape index (κ2) is 9.16. The monoisotopic (exact) mass is 482 g/mol. The standard InChI is InChI=1S/C24H22N2O7S/c1-14(2)22(23(27)28)26-34(30,31)17-9-11-20-19(13-17)18-10-8-15(12-21(18)33-20)25-24(29)32-16-6-4-3-5-7-16/h3-14,22,26H,1-2H3,(H,25,29)(H,27,28)/t22-/m1/s1. The molecule has 0 saturated carbocycles. The third-order valence-electron chi connectivity index (χ3n) is 5.17. The van der Waals surface area contributed by atoms with Crippen LogP contribution in [-0.2, 0) is 14.8 Å². The highest BCUT2D eigenvalue weighted by Gasteiger charge is 2.28. The van der Waals surface area contributed by atoms with Crippen LogP contribution < -0.4 is 14.8 Å². The van der Waals surface area contributed by atoms with E-state index in [0.717, 1.165) is 0 Å². The number of para-hydroxylation sites is 1. The molecule has 0 spiro atoms. The molecule has 1 heterocycles. The number of furan rings is 1. The molecule has 1 amide bonds. The Hall–Kier alpha value is -3.89. The smallest absolute Gasteiger partial charge is 0.417 e. The summed E-state index contributed by atoms with van der Waals surface area (Å²) in [7, 11) is -4.09. The van der Waals surface area contributed by atoms with E-state index in [1.807, 2.05) is 6.07 Å². The van der Waals surface area contributed by atoms with Gasteiger partial charge >= 0.3 is 12.1 Å². The predicted molar refractivity (Wildman–Crippen MR) is 126 cm³/mol. The first kappa shape index (κ1) is 23.3. The van der Waals surface area contributed by atoms with E-state index >= 15 is 0 Å². The number of carboxylic acid groups (broad SMARTS) is 1. The first-order valence-electron chi connectivity index (χ1n) is 10.4. The lowest BCUT2D eigenvalue weighted by atomic mass is 10.1.